The van der Waals surface area contributed by atoms with E-state index in [1.807, 2.05) is 26.2 Å². The average molecular weight is 319 g/mol. The van der Waals surface area contributed by atoms with E-state index >= 15 is 0 Å². The van der Waals surface area contributed by atoms with Crippen LogP contribution >= 0.6 is 0 Å². The highest BCUT2D eigenvalue weighted by Crippen LogP contribution is 2.16. The quantitative estimate of drug-likeness (QED) is 0.819. The van der Waals surface area contributed by atoms with Crippen LogP contribution in [0.15, 0.2) is 24.7 Å². The molecule has 1 aliphatic rings. The van der Waals surface area contributed by atoms with Crippen molar-refractivity contribution in [1.82, 2.24) is 24.9 Å². The maximum atomic E-state index is 12.2. The summed E-state index contributed by atoms with van der Waals surface area (Å²) in [6.45, 7) is 3.69. The lowest BCUT2D eigenvalue weighted by molar-refractivity contribution is -0.121. The molecule has 3 heterocycles. The van der Waals surface area contributed by atoms with Crippen molar-refractivity contribution in [3.8, 4) is 5.75 Å². The van der Waals surface area contributed by atoms with E-state index in [4.69, 9.17) is 9.47 Å². The lowest BCUT2D eigenvalue weighted by Crippen LogP contribution is -2.45. The summed E-state index contributed by atoms with van der Waals surface area (Å²) in [5.41, 5.74) is 0.757. The van der Waals surface area contributed by atoms with Gasteiger partial charge in [-0.15, -0.1) is 0 Å². The maximum absolute atomic E-state index is 12.2. The fraction of sp³-hybridized carbons (Fsp3) is 0.533. The van der Waals surface area contributed by atoms with Crippen LogP contribution in [0.1, 0.15) is 12.6 Å². The smallest absolute Gasteiger partial charge is 0.226 e. The van der Waals surface area contributed by atoms with Crippen molar-refractivity contribution in [2.75, 3.05) is 13.2 Å². The fourth-order valence-corrected chi connectivity index (χ4v) is 2.52. The van der Waals surface area contributed by atoms with E-state index in [-0.39, 0.29) is 24.5 Å². The Morgan fingerprint density at radius 1 is 1.52 bits per heavy atom. The number of hydrogen-bond acceptors (Lipinski definition) is 5. The van der Waals surface area contributed by atoms with Crippen LogP contribution in [0.5, 0.6) is 5.75 Å². The zero-order chi connectivity index (χ0) is 16.2. The van der Waals surface area contributed by atoms with Crippen LogP contribution < -0.4 is 10.1 Å². The number of carbonyl (C=O) groups excluding carboxylic acids is 1. The number of aromatic nitrogens is 4. The van der Waals surface area contributed by atoms with Gasteiger partial charge in [0.15, 0.2) is 5.75 Å². The van der Waals surface area contributed by atoms with Gasteiger partial charge in [0.25, 0.3) is 0 Å². The Labute approximate surface area is 134 Å². The van der Waals surface area contributed by atoms with E-state index in [2.05, 4.69) is 15.5 Å². The van der Waals surface area contributed by atoms with Gasteiger partial charge in [-0.25, -0.2) is 0 Å². The van der Waals surface area contributed by atoms with E-state index in [0.29, 0.717) is 19.0 Å². The molecule has 0 aliphatic carbocycles. The summed E-state index contributed by atoms with van der Waals surface area (Å²) in [7, 11) is 1.83. The number of ether oxygens (including phenoxy) is 2. The third-order valence-corrected chi connectivity index (χ3v) is 3.70. The summed E-state index contributed by atoms with van der Waals surface area (Å²) >= 11 is 0. The first kappa shape index (κ1) is 15.5. The lowest BCUT2D eigenvalue weighted by atomic mass is 10.2. The van der Waals surface area contributed by atoms with Crippen molar-refractivity contribution < 1.29 is 14.3 Å². The second-order valence-electron chi connectivity index (χ2n) is 5.56. The van der Waals surface area contributed by atoms with Crippen LogP contribution in [0.4, 0.5) is 0 Å². The van der Waals surface area contributed by atoms with Gasteiger partial charge in [0, 0.05) is 19.8 Å². The van der Waals surface area contributed by atoms with E-state index in [1.165, 1.54) is 0 Å². The van der Waals surface area contributed by atoms with Crippen molar-refractivity contribution in [2.24, 2.45) is 7.05 Å². The molecule has 0 bridgehead atoms. The molecule has 1 saturated heterocycles. The maximum Gasteiger partial charge on any atom is 0.226 e. The lowest BCUT2D eigenvalue weighted by Gasteiger charge is -2.19. The van der Waals surface area contributed by atoms with Gasteiger partial charge < -0.3 is 14.8 Å². The van der Waals surface area contributed by atoms with E-state index in [1.54, 1.807) is 21.8 Å². The van der Waals surface area contributed by atoms with E-state index in [9.17, 15) is 4.79 Å². The number of nitrogens with zero attached hydrogens (tertiary/aromatic N) is 4. The second kappa shape index (κ2) is 6.82. The predicted octanol–water partition coefficient (Wildman–Crippen LogP) is 0.142. The number of amides is 1. The topological polar surface area (TPSA) is 83.2 Å². The Kier molecular flexibility index (Phi) is 4.61. The van der Waals surface area contributed by atoms with Crippen LogP contribution in [0.25, 0.3) is 0 Å². The largest absolute Gasteiger partial charge is 0.482 e. The van der Waals surface area contributed by atoms with Crippen LogP contribution in [0.3, 0.4) is 0 Å². The molecule has 124 valence electrons. The average Bonchev–Trinajstić information content (AvgIpc) is 3.23. The zero-order valence-electron chi connectivity index (χ0n) is 13.3. The van der Waals surface area contributed by atoms with Gasteiger partial charge in [0.05, 0.1) is 43.8 Å². The molecule has 1 aliphatic heterocycles. The highest BCUT2D eigenvalue weighted by Gasteiger charge is 2.31. The molecule has 2 atom stereocenters. The first-order valence-electron chi connectivity index (χ1n) is 7.69. The Balaban J connectivity index is 1.54. The SMILES string of the molecule is CCn1ccc(CC(=O)N[C@H]2COC[C@H]2Oc2cnn(C)c2)n1. The second-order valence-corrected chi connectivity index (χ2v) is 5.56. The van der Waals surface area contributed by atoms with Gasteiger partial charge in [-0.3, -0.25) is 14.2 Å². The summed E-state index contributed by atoms with van der Waals surface area (Å²) in [6, 6.07) is 1.69. The van der Waals surface area contributed by atoms with Crippen molar-refractivity contribution in [1.29, 1.82) is 0 Å². The molecule has 1 fully saturated rings. The van der Waals surface area contributed by atoms with Gasteiger partial charge in [-0.05, 0) is 13.0 Å². The normalized spacial score (nSPS) is 20.6. The molecule has 1 amide bonds. The minimum Gasteiger partial charge on any atom is -0.482 e. The van der Waals surface area contributed by atoms with Gasteiger partial charge in [-0.2, -0.15) is 10.2 Å². The molecule has 0 saturated carbocycles. The monoisotopic (exact) mass is 319 g/mol. The molecule has 8 nitrogen and oxygen atoms in total. The third-order valence-electron chi connectivity index (χ3n) is 3.70. The van der Waals surface area contributed by atoms with Gasteiger partial charge in [-0.1, -0.05) is 0 Å². The summed E-state index contributed by atoms with van der Waals surface area (Å²) in [4.78, 5) is 12.2. The Morgan fingerprint density at radius 2 is 2.39 bits per heavy atom. The van der Waals surface area contributed by atoms with Crippen molar-refractivity contribution in [2.45, 2.75) is 32.0 Å². The summed E-state index contributed by atoms with van der Waals surface area (Å²) in [5, 5.41) is 11.3. The molecule has 0 spiro atoms. The summed E-state index contributed by atoms with van der Waals surface area (Å²) in [6.07, 6.45) is 5.35. The first-order chi connectivity index (χ1) is 11.1. The number of rotatable bonds is 6. The summed E-state index contributed by atoms with van der Waals surface area (Å²) < 4.78 is 14.7. The zero-order valence-corrected chi connectivity index (χ0v) is 13.3. The van der Waals surface area contributed by atoms with Crippen molar-refractivity contribution in [3.05, 3.63) is 30.4 Å². The third kappa shape index (κ3) is 3.89. The molecule has 1 N–H and O–H groups in total. The van der Waals surface area contributed by atoms with Gasteiger partial charge >= 0.3 is 0 Å². The standard InChI is InChI=1S/C15H21N5O3/c1-3-20-5-4-11(18-20)6-15(21)17-13-9-22-10-14(13)23-12-7-16-19(2)8-12/h4-5,7-8,13-14H,3,6,9-10H2,1-2H3,(H,17,21)/t13-,14+/m0/s1. The highest BCUT2D eigenvalue weighted by atomic mass is 16.5. The van der Waals surface area contributed by atoms with Gasteiger partial charge in [0.2, 0.25) is 5.91 Å². The molecule has 0 unspecified atom stereocenters. The molecule has 8 heteroatoms. The van der Waals surface area contributed by atoms with E-state index in [0.717, 1.165) is 12.2 Å². The molecule has 2 aromatic heterocycles. The highest BCUT2D eigenvalue weighted by molar-refractivity contribution is 5.78. The predicted molar refractivity (Wildman–Crippen MR) is 82.0 cm³/mol. The van der Waals surface area contributed by atoms with Crippen LogP contribution in [0, 0.1) is 0 Å². The van der Waals surface area contributed by atoms with E-state index < -0.39 is 0 Å². The molecule has 0 aromatic carbocycles. The number of carbonyl (C=O) groups is 1. The molecule has 0 radical (unpaired) electrons. The first-order valence-corrected chi connectivity index (χ1v) is 7.69. The summed E-state index contributed by atoms with van der Waals surface area (Å²) in [5.74, 6) is 0.588. The number of nitrogens with one attached hydrogen (secondary N) is 1. The molecule has 3 rings (SSSR count). The number of hydrogen-bond donors (Lipinski definition) is 1. The molecular formula is C15H21N5O3. The Bertz CT molecular complexity index is 666. The Morgan fingerprint density at radius 3 is 3.09 bits per heavy atom. The van der Waals surface area contributed by atoms with Crippen molar-refractivity contribution in [3.63, 3.8) is 0 Å². The Hall–Kier alpha value is -2.35. The molecule has 2 aromatic rings. The van der Waals surface area contributed by atoms with Crippen LogP contribution in [-0.4, -0.2) is 50.8 Å². The number of aryl methyl sites for hydroxylation is 2. The van der Waals surface area contributed by atoms with Crippen LogP contribution in [0.2, 0.25) is 0 Å². The minimum atomic E-state index is -0.212. The molecular weight excluding hydrogens is 298 g/mol. The fourth-order valence-electron chi connectivity index (χ4n) is 2.52. The minimum absolute atomic E-state index is 0.0818. The van der Waals surface area contributed by atoms with Crippen molar-refractivity contribution >= 4 is 5.91 Å². The van der Waals surface area contributed by atoms with Gasteiger partial charge in [0.1, 0.15) is 6.10 Å². The van der Waals surface area contributed by atoms with Crippen LogP contribution in [-0.2, 0) is 29.5 Å². The molecule has 23 heavy (non-hydrogen) atoms.